The molecule has 2 N–H and O–H groups in total. The molecule has 7 nitrogen and oxygen atoms in total. The second-order valence-electron chi connectivity index (χ2n) is 4.60. The number of aliphatic hydroxyl groups is 2. The Kier molecular flexibility index (Phi) is 3.50. The molecular weight excluding hydrogens is 252 g/mol. The number of aryl methyl sites for hydroxylation is 1. The van der Waals surface area contributed by atoms with Crippen molar-refractivity contribution in [3.63, 3.8) is 0 Å². The van der Waals surface area contributed by atoms with Crippen LogP contribution in [0.15, 0.2) is 18.2 Å². The maximum atomic E-state index is 12.1. The molecule has 1 amide bonds. The van der Waals surface area contributed by atoms with E-state index in [2.05, 4.69) is 0 Å². The van der Waals surface area contributed by atoms with Crippen LogP contribution in [0.2, 0.25) is 0 Å². The van der Waals surface area contributed by atoms with Crippen molar-refractivity contribution in [2.45, 2.75) is 19.1 Å². The van der Waals surface area contributed by atoms with Crippen molar-refractivity contribution in [2.24, 2.45) is 0 Å². The van der Waals surface area contributed by atoms with E-state index in [-0.39, 0.29) is 24.3 Å². The van der Waals surface area contributed by atoms with E-state index in [4.69, 9.17) is 0 Å². The fourth-order valence-electron chi connectivity index (χ4n) is 2.06. The van der Waals surface area contributed by atoms with Crippen molar-refractivity contribution in [3.8, 4) is 0 Å². The van der Waals surface area contributed by atoms with Gasteiger partial charge in [0.05, 0.1) is 17.1 Å². The summed E-state index contributed by atoms with van der Waals surface area (Å²) in [4.78, 5) is 23.7. The minimum absolute atomic E-state index is 0.0294. The Balaban J connectivity index is 2.25. The van der Waals surface area contributed by atoms with E-state index in [0.29, 0.717) is 5.56 Å². The van der Waals surface area contributed by atoms with Gasteiger partial charge in [-0.15, -0.1) is 0 Å². The molecule has 1 fully saturated rings. The first kappa shape index (κ1) is 13.4. The Hall–Kier alpha value is -1.99. The van der Waals surface area contributed by atoms with Gasteiger partial charge in [-0.25, -0.2) is 0 Å². The minimum Gasteiger partial charge on any atom is -0.388 e. The Labute approximate surface area is 109 Å². The van der Waals surface area contributed by atoms with E-state index in [1.165, 1.54) is 23.1 Å². The highest BCUT2D eigenvalue weighted by atomic mass is 16.6. The van der Waals surface area contributed by atoms with E-state index < -0.39 is 23.0 Å². The maximum absolute atomic E-state index is 12.1. The molecule has 2 atom stereocenters. The highest BCUT2D eigenvalue weighted by Gasteiger charge is 2.33. The van der Waals surface area contributed by atoms with E-state index in [1.807, 2.05) is 0 Å². The Morgan fingerprint density at radius 3 is 2.47 bits per heavy atom. The second kappa shape index (κ2) is 4.94. The van der Waals surface area contributed by atoms with Gasteiger partial charge in [0.25, 0.3) is 11.6 Å². The van der Waals surface area contributed by atoms with Crippen LogP contribution in [-0.2, 0) is 0 Å². The lowest BCUT2D eigenvalue weighted by Crippen LogP contribution is -2.29. The third-order valence-electron chi connectivity index (χ3n) is 3.20. The number of β-amino-alcohol motifs (C(OH)–C–C–N with tert-alkyl or cyclic N) is 2. The van der Waals surface area contributed by atoms with Gasteiger partial charge in [-0.2, -0.15) is 0 Å². The Morgan fingerprint density at radius 1 is 1.37 bits per heavy atom. The van der Waals surface area contributed by atoms with Crippen molar-refractivity contribution in [2.75, 3.05) is 13.1 Å². The molecule has 1 aliphatic rings. The zero-order valence-electron chi connectivity index (χ0n) is 10.3. The molecule has 2 rings (SSSR count). The smallest absolute Gasteiger partial charge is 0.273 e. The molecule has 1 aromatic carbocycles. The Bertz CT molecular complexity index is 521. The molecule has 1 heterocycles. The fraction of sp³-hybridized carbons (Fsp3) is 0.417. The van der Waals surface area contributed by atoms with Crippen molar-refractivity contribution in [1.82, 2.24) is 4.90 Å². The summed E-state index contributed by atoms with van der Waals surface area (Å²) in [7, 11) is 0. The van der Waals surface area contributed by atoms with Crippen molar-refractivity contribution < 1.29 is 19.9 Å². The SMILES string of the molecule is Cc1ccc(C(=O)N2CC(O)C(O)C2)cc1[N+](=O)[O-]. The van der Waals surface area contributed by atoms with Crippen LogP contribution < -0.4 is 0 Å². The molecule has 0 radical (unpaired) electrons. The first-order valence-electron chi connectivity index (χ1n) is 5.80. The first-order valence-corrected chi connectivity index (χ1v) is 5.80. The second-order valence-corrected chi connectivity index (χ2v) is 4.60. The van der Waals surface area contributed by atoms with Crippen LogP contribution in [0.25, 0.3) is 0 Å². The fourth-order valence-corrected chi connectivity index (χ4v) is 2.06. The van der Waals surface area contributed by atoms with Gasteiger partial charge in [0.1, 0.15) is 0 Å². The molecule has 1 aromatic rings. The normalized spacial score (nSPS) is 22.6. The molecule has 7 heteroatoms. The van der Waals surface area contributed by atoms with E-state index in [0.717, 1.165) is 0 Å². The van der Waals surface area contributed by atoms with Gasteiger partial charge >= 0.3 is 0 Å². The van der Waals surface area contributed by atoms with Crippen LogP contribution in [-0.4, -0.2) is 51.2 Å². The van der Waals surface area contributed by atoms with Crippen LogP contribution in [0.1, 0.15) is 15.9 Å². The van der Waals surface area contributed by atoms with Crippen LogP contribution in [0.4, 0.5) is 5.69 Å². The molecule has 0 aliphatic carbocycles. The number of hydrogen-bond acceptors (Lipinski definition) is 5. The molecule has 0 saturated carbocycles. The number of hydrogen-bond donors (Lipinski definition) is 2. The van der Waals surface area contributed by atoms with Crippen molar-refractivity contribution >= 4 is 11.6 Å². The zero-order chi connectivity index (χ0) is 14.2. The summed E-state index contributed by atoms with van der Waals surface area (Å²) in [5.74, 6) is -0.432. The average molecular weight is 266 g/mol. The summed E-state index contributed by atoms with van der Waals surface area (Å²) in [6, 6.07) is 4.23. The number of amides is 1. The van der Waals surface area contributed by atoms with Crippen LogP contribution >= 0.6 is 0 Å². The third kappa shape index (κ3) is 2.56. The quantitative estimate of drug-likeness (QED) is 0.582. The summed E-state index contributed by atoms with van der Waals surface area (Å²) < 4.78 is 0. The predicted molar refractivity (Wildman–Crippen MR) is 65.8 cm³/mol. The van der Waals surface area contributed by atoms with Gasteiger partial charge in [-0.05, 0) is 13.0 Å². The summed E-state index contributed by atoms with van der Waals surface area (Å²) in [6.45, 7) is 1.65. The number of aliphatic hydroxyl groups excluding tert-OH is 2. The molecule has 1 saturated heterocycles. The molecular formula is C12H14N2O5. The van der Waals surface area contributed by atoms with Crippen molar-refractivity contribution in [1.29, 1.82) is 0 Å². The van der Waals surface area contributed by atoms with Gasteiger partial charge in [-0.3, -0.25) is 14.9 Å². The highest BCUT2D eigenvalue weighted by molar-refractivity contribution is 5.95. The van der Waals surface area contributed by atoms with E-state index >= 15 is 0 Å². The molecule has 19 heavy (non-hydrogen) atoms. The minimum atomic E-state index is -0.968. The van der Waals surface area contributed by atoms with Gasteiger partial charge in [0.15, 0.2) is 0 Å². The summed E-state index contributed by atoms with van der Waals surface area (Å²) in [6.07, 6.45) is -1.94. The van der Waals surface area contributed by atoms with Gasteiger partial charge in [0, 0.05) is 30.3 Å². The lowest BCUT2D eigenvalue weighted by atomic mass is 10.1. The standard InChI is InChI=1S/C12H14N2O5/c1-7-2-3-8(4-9(7)14(18)19)12(17)13-5-10(15)11(16)6-13/h2-4,10-11,15-16H,5-6H2,1H3. The topological polar surface area (TPSA) is 104 Å². The number of rotatable bonds is 2. The van der Waals surface area contributed by atoms with Crippen molar-refractivity contribution in [3.05, 3.63) is 39.4 Å². The monoisotopic (exact) mass is 266 g/mol. The van der Waals surface area contributed by atoms with E-state index in [9.17, 15) is 25.1 Å². The number of nitro benzene ring substituents is 1. The van der Waals surface area contributed by atoms with Crippen LogP contribution in [0.3, 0.4) is 0 Å². The first-order chi connectivity index (χ1) is 8.90. The summed E-state index contributed by atoms with van der Waals surface area (Å²) in [5, 5.41) is 29.6. The number of benzene rings is 1. The lowest BCUT2D eigenvalue weighted by molar-refractivity contribution is -0.385. The lowest BCUT2D eigenvalue weighted by Gasteiger charge is -2.15. The Morgan fingerprint density at radius 2 is 1.95 bits per heavy atom. The summed E-state index contributed by atoms with van der Waals surface area (Å²) >= 11 is 0. The molecule has 102 valence electrons. The summed E-state index contributed by atoms with van der Waals surface area (Å²) in [5.41, 5.74) is 0.535. The van der Waals surface area contributed by atoms with Crippen LogP contribution in [0.5, 0.6) is 0 Å². The molecule has 1 aliphatic heterocycles. The number of carbonyl (C=O) groups is 1. The van der Waals surface area contributed by atoms with E-state index in [1.54, 1.807) is 6.92 Å². The van der Waals surface area contributed by atoms with Gasteiger partial charge in [-0.1, -0.05) is 6.07 Å². The third-order valence-corrected chi connectivity index (χ3v) is 3.20. The number of likely N-dealkylation sites (tertiary alicyclic amines) is 1. The largest absolute Gasteiger partial charge is 0.388 e. The van der Waals surface area contributed by atoms with Crippen LogP contribution in [0, 0.1) is 17.0 Å². The number of nitrogens with zero attached hydrogens (tertiary/aromatic N) is 2. The predicted octanol–water partition coefficient (Wildman–Crippen LogP) is 0.0808. The maximum Gasteiger partial charge on any atom is 0.273 e. The molecule has 0 spiro atoms. The number of carbonyl (C=O) groups excluding carboxylic acids is 1. The van der Waals surface area contributed by atoms with Gasteiger partial charge in [0.2, 0.25) is 0 Å². The zero-order valence-corrected chi connectivity index (χ0v) is 10.3. The average Bonchev–Trinajstić information content (AvgIpc) is 2.69. The molecule has 2 unspecified atom stereocenters. The van der Waals surface area contributed by atoms with Gasteiger partial charge < -0.3 is 15.1 Å². The molecule has 0 aromatic heterocycles. The molecule has 0 bridgehead atoms. The number of nitro groups is 1. The highest BCUT2D eigenvalue weighted by Crippen LogP contribution is 2.21.